The smallest absolute Gasteiger partial charge is 0.00565 e. The summed E-state index contributed by atoms with van der Waals surface area (Å²) in [5.74, 6) is 2.13. The third-order valence-corrected chi connectivity index (χ3v) is 2.27. The molecule has 0 aliphatic rings. The Morgan fingerprint density at radius 3 is 2.17 bits per heavy atom. The maximum atomic E-state index is 2.32. The van der Waals surface area contributed by atoms with Crippen LogP contribution in [0, 0.1) is 5.92 Å². The first kappa shape index (κ1) is 7.08. The molecular weight excluding hydrogens is 207 g/mol. The van der Waals surface area contributed by atoms with Gasteiger partial charge in [-0.25, -0.2) is 0 Å². The Labute approximate surface area is 55.7 Å². The molecule has 0 N–H and O–H groups in total. The van der Waals surface area contributed by atoms with Crippen LogP contribution in [0.25, 0.3) is 0 Å². The Balaban J connectivity index is 2.63. The molecule has 2 heteroatoms. The average molecular weight is 216 g/mol. The van der Waals surface area contributed by atoms with Crippen LogP contribution in [0.3, 0.4) is 0 Å². The zero-order chi connectivity index (χ0) is 4.99. The molecule has 0 atom stereocenters. The Morgan fingerprint density at radius 2 is 2.17 bits per heavy atom. The fourth-order valence-electron chi connectivity index (χ4n) is 0.126. The number of hydrogen-bond acceptors (Lipinski definition) is 1. The first-order chi connectivity index (χ1) is 2.77. The second-order valence-corrected chi connectivity index (χ2v) is 4.09. The Morgan fingerprint density at radius 1 is 1.67 bits per heavy atom. The van der Waals surface area contributed by atoms with Gasteiger partial charge in [-0.3, -0.25) is 0 Å². The molecule has 0 saturated heterocycles. The van der Waals surface area contributed by atoms with Gasteiger partial charge in [0.1, 0.15) is 0 Å². The predicted octanol–water partition coefficient (Wildman–Crippen LogP) is 2.73. The summed E-state index contributed by atoms with van der Waals surface area (Å²) in [5, 5.41) is 0. The van der Waals surface area contributed by atoms with E-state index in [1.807, 2.05) is 8.93 Å². The Hall–Kier alpha value is 1.08. The summed E-state index contributed by atoms with van der Waals surface area (Å²) in [7, 11) is 1.88. The van der Waals surface area contributed by atoms with E-state index >= 15 is 0 Å². The molecule has 0 aliphatic carbocycles. The van der Waals surface area contributed by atoms with Gasteiger partial charge in [0.15, 0.2) is 0 Å². The summed E-state index contributed by atoms with van der Waals surface area (Å²) in [4.78, 5) is 0. The second kappa shape index (κ2) is 4.24. The quantitative estimate of drug-likeness (QED) is 0.639. The zero-order valence-electron chi connectivity index (χ0n) is 4.07. The number of rotatable bonds is 2. The lowest BCUT2D eigenvalue weighted by molar-refractivity contribution is 0.753. The van der Waals surface area contributed by atoms with Crippen LogP contribution in [0.2, 0.25) is 0 Å². The van der Waals surface area contributed by atoms with E-state index in [-0.39, 0.29) is 0 Å². The molecule has 0 amide bonds. The van der Waals surface area contributed by atoms with Crippen molar-refractivity contribution in [1.29, 1.82) is 0 Å². The van der Waals surface area contributed by atoms with Gasteiger partial charge < -0.3 is 0 Å². The molecule has 0 aromatic rings. The van der Waals surface area contributed by atoms with Crippen LogP contribution < -0.4 is 0 Å². The minimum atomic E-state index is 0.854. The molecule has 0 rings (SSSR count). The summed E-state index contributed by atoms with van der Waals surface area (Å²) in [6.45, 7) is 4.46. The average Bonchev–Trinajstić information content (AvgIpc) is 1.35. The highest BCUT2D eigenvalue weighted by molar-refractivity contribution is 14.2. The summed E-state index contributed by atoms with van der Waals surface area (Å²) in [5.41, 5.74) is 0. The van der Waals surface area contributed by atoms with Gasteiger partial charge in [-0.15, -0.1) is 0 Å². The summed E-state index contributed by atoms with van der Waals surface area (Å²) >= 11 is 2.32. The standard InChI is InChI=1S/C4H9IS/c1-4(2)3-6-5/h4H,3H2,1-2H3. The number of hydrogen-bond donors (Lipinski definition) is 0. The molecule has 0 bridgehead atoms. The molecular formula is C4H9IS. The lowest BCUT2D eigenvalue weighted by Crippen LogP contribution is -1.85. The van der Waals surface area contributed by atoms with Crippen molar-refractivity contribution in [3.63, 3.8) is 0 Å². The summed E-state index contributed by atoms with van der Waals surface area (Å²) in [6.07, 6.45) is 0. The monoisotopic (exact) mass is 216 g/mol. The lowest BCUT2D eigenvalue weighted by Gasteiger charge is -1.94. The summed E-state index contributed by atoms with van der Waals surface area (Å²) < 4.78 is 0. The maximum Gasteiger partial charge on any atom is 0.00565 e. The SMILES string of the molecule is CC(C)CSI. The normalized spacial score (nSPS) is 10.0. The van der Waals surface area contributed by atoms with Crippen molar-refractivity contribution in [2.75, 3.05) is 5.75 Å². The van der Waals surface area contributed by atoms with E-state index in [4.69, 9.17) is 0 Å². The molecule has 0 unspecified atom stereocenters. The minimum Gasteiger partial charge on any atom is -0.0891 e. The van der Waals surface area contributed by atoms with Crippen LogP contribution in [-0.2, 0) is 0 Å². The van der Waals surface area contributed by atoms with E-state index < -0.39 is 0 Å². The molecule has 0 aliphatic heterocycles. The van der Waals surface area contributed by atoms with Crippen LogP contribution in [0.1, 0.15) is 13.8 Å². The Bertz CT molecular complexity index is 28.7. The lowest BCUT2D eigenvalue weighted by atomic mass is 10.3. The van der Waals surface area contributed by atoms with Crippen molar-refractivity contribution >= 4 is 30.1 Å². The first-order valence-electron chi connectivity index (χ1n) is 2.01. The molecule has 6 heavy (non-hydrogen) atoms. The van der Waals surface area contributed by atoms with E-state index in [0.29, 0.717) is 0 Å². The minimum absolute atomic E-state index is 0.854. The van der Waals surface area contributed by atoms with Crippen molar-refractivity contribution in [3.05, 3.63) is 0 Å². The van der Waals surface area contributed by atoms with Gasteiger partial charge >= 0.3 is 0 Å². The first-order valence-corrected chi connectivity index (χ1v) is 5.53. The zero-order valence-corrected chi connectivity index (χ0v) is 7.04. The fraction of sp³-hybridized carbons (Fsp3) is 1.00. The molecule has 0 spiro atoms. The van der Waals surface area contributed by atoms with Crippen LogP contribution in [0.5, 0.6) is 0 Å². The van der Waals surface area contributed by atoms with E-state index in [1.54, 1.807) is 0 Å². The molecule has 38 valence electrons. The molecule has 0 fully saturated rings. The van der Waals surface area contributed by atoms with Gasteiger partial charge in [0.25, 0.3) is 0 Å². The largest absolute Gasteiger partial charge is 0.0891 e. The van der Waals surface area contributed by atoms with E-state index in [2.05, 4.69) is 35.1 Å². The van der Waals surface area contributed by atoms with Crippen LogP contribution >= 0.6 is 30.1 Å². The molecule has 0 aromatic heterocycles. The highest BCUT2D eigenvalue weighted by Crippen LogP contribution is 2.14. The Kier molecular flexibility index (Phi) is 5.01. The van der Waals surface area contributed by atoms with Gasteiger partial charge in [-0.05, 0) is 27.1 Å². The third kappa shape index (κ3) is 5.08. The van der Waals surface area contributed by atoms with Gasteiger partial charge in [0.2, 0.25) is 0 Å². The second-order valence-electron chi connectivity index (χ2n) is 1.67. The molecule has 0 radical (unpaired) electrons. The molecule has 0 saturated carbocycles. The molecule has 0 aromatic carbocycles. The van der Waals surface area contributed by atoms with Gasteiger partial charge in [0.05, 0.1) is 0 Å². The maximum absolute atomic E-state index is 2.32. The van der Waals surface area contributed by atoms with Crippen molar-refractivity contribution in [2.45, 2.75) is 13.8 Å². The number of halogens is 1. The van der Waals surface area contributed by atoms with Crippen molar-refractivity contribution in [1.82, 2.24) is 0 Å². The fourth-order valence-corrected chi connectivity index (χ4v) is 2.54. The van der Waals surface area contributed by atoms with E-state index in [9.17, 15) is 0 Å². The highest BCUT2D eigenvalue weighted by atomic mass is 127. The van der Waals surface area contributed by atoms with Gasteiger partial charge in [-0.1, -0.05) is 22.8 Å². The van der Waals surface area contributed by atoms with Gasteiger partial charge in [0, 0.05) is 5.75 Å². The predicted molar refractivity (Wildman–Crippen MR) is 41.3 cm³/mol. The van der Waals surface area contributed by atoms with Crippen molar-refractivity contribution < 1.29 is 0 Å². The topological polar surface area (TPSA) is 0 Å². The van der Waals surface area contributed by atoms with Crippen LogP contribution in [-0.4, -0.2) is 5.75 Å². The van der Waals surface area contributed by atoms with E-state index in [1.165, 1.54) is 5.75 Å². The van der Waals surface area contributed by atoms with Crippen LogP contribution in [0.4, 0.5) is 0 Å². The van der Waals surface area contributed by atoms with E-state index in [0.717, 1.165) is 5.92 Å². The van der Waals surface area contributed by atoms with Crippen LogP contribution in [0.15, 0.2) is 0 Å². The molecule has 0 heterocycles. The van der Waals surface area contributed by atoms with Gasteiger partial charge in [-0.2, -0.15) is 0 Å². The van der Waals surface area contributed by atoms with Crippen molar-refractivity contribution in [2.24, 2.45) is 5.92 Å². The summed E-state index contributed by atoms with van der Waals surface area (Å²) in [6, 6.07) is 0. The molecule has 0 nitrogen and oxygen atoms in total. The van der Waals surface area contributed by atoms with Crippen molar-refractivity contribution in [3.8, 4) is 0 Å². The third-order valence-electron chi connectivity index (χ3n) is 0.396. The highest BCUT2D eigenvalue weighted by Gasteiger charge is 1.87.